The molecule has 0 amide bonds. The van der Waals surface area contributed by atoms with Gasteiger partial charge >= 0.3 is 5.97 Å². The highest BCUT2D eigenvalue weighted by atomic mass is 32.2. The van der Waals surface area contributed by atoms with Crippen LogP contribution in [0.25, 0.3) is 0 Å². The summed E-state index contributed by atoms with van der Waals surface area (Å²) in [4.78, 5) is 16.1. The van der Waals surface area contributed by atoms with Gasteiger partial charge in [-0.05, 0) is 44.2 Å². The average molecular weight is 296 g/mol. The van der Waals surface area contributed by atoms with Crippen molar-refractivity contribution in [2.24, 2.45) is 0 Å². The molecule has 0 fully saturated rings. The first-order valence-corrected chi connectivity index (χ1v) is 7.98. The molecule has 0 saturated heterocycles. The summed E-state index contributed by atoms with van der Waals surface area (Å²) in [6.07, 6.45) is 4.63. The lowest BCUT2D eigenvalue weighted by Gasteiger charge is -2.27. The van der Waals surface area contributed by atoms with Crippen molar-refractivity contribution in [2.75, 3.05) is 19.4 Å². The van der Waals surface area contributed by atoms with Crippen LogP contribution < -0.4 is 5.32 Å². The molecule has 0 saturated carbocycles. The molecule has 1 unspecified atom stereocenters. The van der Waals surface area contributed by atoms with Crippen molar-refractivity contribution in [1.82, 2.24) is 10.3 Å². The van der Waals surface area contributed by atoms with E-state index in [4.69, 9.17) is 4.74 Å². The molecule has 0 bridgehead atoms. The molecule has 0 aromatic carbocycles. The molecule has 1 aromatic rings. The molecule has 1 atom stereocenters. The van der Waals surface area contributed by atoms with E-state index in [2.05, 4.69) is 10.3 Å². The maximum absolute atomic E-state index is 11.8. The Balaban J connectivity index is 2.29. The Morgan fingerprint density at radius 1 is 1.45 bits per heavy atom. The summed E-state index contributed by atoms with van der Waals surface area (Å²) in [6, 6.07) is 5.93. The Morgan fingerprint density at radius 2 is 2.25 bits per heavy atom. The van der Waals surface area contributed by atoms with Crippen molar-refractivity contribution >= 4 is 17.7 Å². The highest BCUT2D eigenvalue weighted by molar-refractivity contribution is 7.99. The maximum Gasteiger partial charge on any atom is 0.325 e. The second-order valence-electron chi connectivity index (χ2n) is 4.83. The van der Waals surface area contributed by atoms with E-state index in [1.165, 1.54) is 7.11 Å². The number of carbonyl (C=O) groups excluding carboxylic acids is 1. The molecule has 20 heavy (non-hydrogen) atoms. The van der Waals surface area contributed by atoms with Gasteiger partial charge in [-0.3, -0.25) is 4.79 Å². The van der Waals surface area contributed by atoms with E-state index in [-0.39, 0.29) is 5.97 Å². The van der Waals surface area contributed by atoms with Crippen LogP contribution >= 0.6 is 11.8 Å². The fraction of sp³-hybridized carbons (Fsp3) is 0.600. The molecule has 0 radical (unpaired) electrons. The van der Waals surface area contributed by atoms with Crippen LogP contribution in [0.3, 0.4) is 0 Å². The summed E-state index contributed by atoms with van der Waals surface area (Å²) in [5, 5.41) is 4.28. The number of ether oxygens (including phenoxy) is 1. The van der Waals surface area contributed by atoms with E-state index in [9.17, 15) is 4.79 Å². The fourth-order valence-corrected chi connectivity index (χ4v) is 2.94. The first-order valence-electron chi connectivity index (χ1n) is 6.99. The number of likely N-dealkylation sites (N-methyl/N-ethyl adjacent to an activating group) is 1. The summed E-state index contributed by atoms with van der Waals surface area (Å²) in [5.74, 6) is 0.831. The van der Waals surface area contributed by atoms with E-state index in [1.54, 1.807) is 11.8 Å². The van der Waals surface area contributed by atoms with Crippen LogP contribution in [0.4, 0.5) is 0 Å². The number of aromatic nitrogens is 1. The molecule has 1 aromatic heterocycles. The molecule has 4 nitrogen and oxygen atoms in total. The SMILES string of the molecule is CCNC(C)(CCCCSc1ccccn1)C(=O)OC. The van der Waals surface area contributed by atoms with Gasteiger partial charge in [0.1, 0.15) is 5.54 Å². The number of unbranched alkanes of at least 4 members (excludes halogenated alkanes) is 1. The number of rotatable bonds is 9. The van der Waals surface area contributed by atoms with Crippen molar-refractivity contribution in [3.63, 3.8) is 0 Å². The number of nitrogens with zero attached hydrogens (tertiary/aromatic N) is 1. The predicted octanol–water partition coefficient (Wildman–Crippen LogP) is 2.89. The predicted molar refractivity (Wildman–Crippen MR) is 82.9 cm³/mol. The van der Waals surface area contributed by atoms with Crippen molar-refractivity contribution in [1.29, 1.82) is 0 Å². The summed E-state index contributed by atoms with van der Waals surface area (Å²) >= 11 is 1.75. The van der Waals surface area contributed by atoms with Crippen molar-refractivity contribution in [2.45, 2.75) is 43.7 Å². The molecule has 1 heterocycles. The minimum absolute atomic E-state index is 0.184. The lowest BCUT2D eigenvalue weighted by atomic mass is 9.95. The zero-order chi connectivity index (χ0) is 14.8. The minimum Gasteiger partial charge on any atom is -0.468 e. The van der Waals surface area contributed by atoms with Gasteiger partial charge in [-0.2, -0.15) is 0 Å². The van der Waals surface area contributed by atoms with E-state index in [0.717, 1.165) is 36.6 Å². The minimum atomic E-state index is -0.570. The summed E-state index contributed by atoms with van der Waals surface area (Å²) in [5.41, 5.74) is -0.570. The smallest absolute Gasteiger partial charge is 0.325 e. The Bertz CT molecular complexity index is 400. The van der Waals surface area contributed by atoms with E-state index < -0.39 is 5.54 Å². The first kappa shape index (κ1) is 17.0. The number of esters is 1. The number of carbonyl (C=O) groups is 1. The molecule has 0 aliphatic heterocycles. The van der Waals surface area contributed by atoms with Gasteiger partial charge in [0.2, 0.25) is 0 Å². The lowest BCUT2D eigenvalue weighted by Crippen LogP contribution is -2.50. The highest BCUT2D eigenvalue weighted by Gasteiger charge is 2.32. The Morgan fingerprint density at radius 3 is 2.85 bits per heavy atom. The Labute approximate surface area is 125 Å². The van der Waals surface area contributed by atoms with Crippen LogP contribution in [-0.4, -0.2) is 35.9 Å². The molecular formula is C15H24N2O2S. The van der Waals surface area contributed by atoms with E-state index >= 15 is 0 Å². The number of thioether (sulfide) groups is 1. The van der Waals surface area contributed by atoms with E-state index in [1.807, 2.05) is 38.2 Å². The lowest BCUT2D eigenvalue weighted by molar-refractivity contribution is -0.148. The third-order valence-corrected chi connectivity index (χ3v) is 4.19. The first-order chi connectivity index (χ1) is 9.62. The van der Waals surface area contributed by atoms with Crippen molar-refractivity contribution in [3.05, 3.63) is 24.4 Å². The summed E-state index contributed by atoms with van der Waals surface area (Å²) in [7, 11) is 1.44. The van der Waals surface area contributed by atoms with Crippen LogP contribution in [0.1, 0.15) is 33.1 Å². The van der Waals surface area contributed by atoms with Crippen LogP contribution in [0.2, 0.25) is 0 Å². The molecule has 0 aliphatic carbocycles. The Hall–Kier alpha value is -1.07. The van der Waals surface area contributed by atoms with Gasteiger partial charge in [0.05, 0.1) is 12.1 Å². The normalized spacial score (nSPS) is 13.8. The number of hydrogen-bond donors (Lipinski definition) is 1. The van der Waals surface area contributed by atoms with Gasteiger partial charge in [0.25, 0.3) is 0 Å². The van der Waals surface area contributed by atoms with Crippen molar-refractivity contribution < 1.29 is 9.53 Å². The van der Waals surface area contributed by atoms with Crippen molar-refractivity contribution in [3.8, 4) is 0 Å². The molecule has 5 heteroatoms. The molecule has 0 spiro atoms. The monoisotopic (exact) mass is 296 g/mol. The quantitative estimate of drug-likeness (QED) is 0.431. The molecular weight excluding hydrogens is 272 g/mol. The van der Waals surface area contributed by atoms with Crippen LogP contribution in [-0.2, 0) is 9.53 Å². The highest BCUT2D eigenvalue weighted by Crippen LogP contribution is 2.20. The van der Waals surface area contributed by atoms with Crippen LogP contribution in [0.5, 0.6) is 0 Å². The standard InChI is InChI=1S/C15H24N2O2S/c1-4-17-15(2,14(18)19-3)10-6-8-12-20-13-9-5-7-11-16-13/h5,7,9,11,17H,4,6,8,10,12H2,1-3H3. The Kier molecular flexibility index (Phi) is 7.62. The largest absolute Gasteiger partial charge is 0.468 e. The molecule has 0 aliphatic rings. The number of hydrogen-bond acceptors (Lipinski definition) is 5. The van der Waals surface area contributed by atoms with Gasteiger partial charge in [-0.1, -0.05) is 19.4 Å². The second kappa shape index (κ2) is 8.97. The van der Waals surface area contributed by atoms with Crippen LogP contribution in [0, 0.1) is 0 Å². The van der Waals surface area contributed by atoms with Gasteiger partial charge in [0.15, 0.2) is 0 Å². The third kappa shape index (κ3) is 5.51. The zero-order valence-corrected chi connectivity index (χ0v) is 13.3. The topological polar surface area (TPSA) is 51.2 Å². The average Bonchev–Trinajstić information content (AvgIpc) is 2.47. The van der Waals surface area contributed by atoms with E-state index in [0.29, 0.717) is 0 Å². The fourth-order valence-electron chi connectivity index (χ4n) is 2.07. The van der Waals surface area contributed by atoms with Gasteiger partial charge in [-0.15, -0.1) is 11.8 Å². The second-order valence-corrected chi connectivity index (χ2v) is 5.94. The zero-order valence-electron chi connectivity index (χ0n) is 12.5. The van der Waals surface area contributed by atoms with Gasteiger partial charge < -0.3 is 10.1 Å². The molecule has 1 rings (SSSR count). The maximum atomic E-state index is 11.8. The number of nitrogens with one attached hydrogen (secondary N) is 1. The molecule has 1 N–H and O–H groups in total. The van der Waals surface area contributed by atoms with Crippen LogP contribution in [0.15, 0.2) is 29.4 Å². The van der Waals surface area contributed by atoms with Gasteiger partial charge in [-0.25, -0.2) is 4.98 Å². The van der Waals surface area contributed by atoms with Gasteiger partial charge in [0, 0.05) is 6.20 Å². The summed E-state index contributed by atoms with van der Waals surface area (Å²) < 4.78 is 4.88. The number of methoxy groups -OCH3 is 1. The molecule has 112 valence electrons. The summed E-state index contributed by atoms with van der Waals surface area (Å²) in [6.45, 7) is 4.67. The number of pyridine rings is 1. The third-order valence-electron chi connectivity index (χ3n) is 3.16.